The third-order valence-corrected chi connectivity index (χ3v) is 4.98. The summed E-state index contributed by atoms with van der Waals surface area (Å²) in [6.07, 6.45) is 0. The molecule has 0 bridgehead atoms. The van der Waals surface area contributed by atoms with Gasteiger partial charge in [-0.3, -0.25) is 9.59 Å². The van der Waals surface area contributed by atoms with E-state index >= 15 is 0 Å². The van der Waals surface area contributed by atoms with Crippen molar-refractivity contribution in [3.63, 3.8) is 0 Å². The highest BCUT2D eigenvalue weighted by atomic mass is 32.2. The molecule has 0 fully saturated rings. The van der Waals surface area contributed by atoms with Crippen molar-refractivity contribution in [2.24, 2.45) is 0 Å². The van der Waals surface area contributed by atoms with Gasteiger partial charge in [0.25, 0.3) is 5.91 Å². The van der Waals surface area contributed by atoms with Gasteiger partial charge < -0.3 is 15.2 Å². The molecule has 7 nitrogen and oxygen atoms in total. The van der Waals surface area contributed by atoms with Gasteiger partial charge in [0.2, 0.25) is 5.91 Å². The van der Waals surface area contributed by atoms with E-state index in [1.165, 1.54) is 36.0 Å². The molecule has 150 valence electrons. The molecule has 1 aromatic heterocycles. The number of nitrogens with zero attached hydrogens (tertiary/aromatic N) is 3. The minimum Gasteiger partial charge on any atom is -0.345 e. The number of nitrogens with one attached hydrogen (secondary N) is 2. The lowest BCUT2D eigenvalue weighted by atomic mass is 10.2. The second-order valence-electron chi connectivity index (χ2n) is 6.04. The van der Waals surface area contributed by atoms with Crippen molar-refractivity contribution in [1.29, 1.82) is 0 Å². The lowest BCUT2D eigenvalue weighted by Crippen LogP contribution is -2.24. The van der Waals surface area contributed by atoms with E-state index in [9.17, 15) is 14.0 Å². The van der Waals surface area contributed by atoms with E-state index in [-0.39, 0.29) is 29.9 Å². The topological polar surface area (TPSA) is 88.9 Å². The van der Waals surface area contributed by atoms with Gasteiger partial charge in [0, 0.05) is 17.8 Å². The van der Waals surface area contributed by atoms with Gasteiger partial charge in [0.05, 0.1) is 12.3 Å². The minimum atomic E-state index is -0.361. The van der Waals surface area contributed by atoms with Crippen LogP contribution in [0.2, 0.25) is 0 Å². The lowest BCUT2D eigenvalue weighted by molar-refractivity contribution is -0.113. The zero-order chi connectivity index (χ0) is 20.6. The van der Waals surface area contributed by atoms with Crippen LogP contribution in [0.15, 0.2) is 59.8 Å². The molecular formula is C20H20FN5O2S. The SMILES string of the molecule is CCn1c(CNC(=O)c2ccccc2)nnc1SCC(=O)Nc1ccc(F)cc1. The summed E-state index contributed by atoms with van der Waals surface area (Å²) in [7, 11) is 0. The Balaban J connectivity index is 1.55. The second-order valence-corrected chi connectivity index (χ2v) is 6.98. The van der Waals surface area contributed by atoms with Crippen LogP contribution in [0.4, 0.5) is 10.1 Å². The van der Waals surface area contributed by atoms with Crippen molar-refractivity contribution in [1.82, 2.24) is 20.1 Å². The predicted octanol–water partition coefficient (Wildman–Crippen LogP) is 3.10. The molecule has 3 aromatic rings. The smallest absolute Gasteiger partial charge is 0.251 e. The lowest BCUT2D eigenvalue weighted by Gasteiger charge is -2.09. The number of carbonyl (C=O) groups is 2. The van der Waals surface area contributed by atoms with Crippen molar-refractivity contribution in [3.8, 4) is 0 Å². The number of carbonyl (C=O) groups excluding carboxylic acids is 2. The average Bonchev–Trinajstić information content (AvgIpc) is 3.14. The monoisotopic (exact) mass is 413 g/mol. The normalized spacial score (nSPS) is 10.6. The highest BCUT2D eigenvalue weighted by Crippen LogP contribution is 2.18. The van der Waals surface area contributed by atoms with Crippen LogP contribution in [0.3, 0.4) is 0 Å². The van der Waals surface area contributed by atoms with Crippen LogP contribution in [0.5, 0.6) is 0 Å². The van der Waals surface area contributed by atoms with E-state index in [1.54, 1.807) is 24.3 Å². The van der Waals surface area contributed by atoms with Crippen LogP contribution in [0, 0.1) is 5.82 Å². The van der Waals surface area contributed by atoms with Gasteiger partial charge in [-0.25, -0.2) is 4.39 Å². The molecule has 0 aliphatic rings. The molecule has 0 aliphatic heterocycles. The molecule has 0 unspecified atom stereocenters. The first-order chi connectivity index (χ1) is 14.1. The predicted molar refractivity (Wildman–Crippen MR) is 109 cm³/mol. The molecule has 29 heavy (non-hydrogen) atoms. The maximum atomic E-state index is 12.9. The van der Waals surface area contributed by atoms with E-state index in [0.717, 1.165) is 0 Å². The maximum absolute atomic E-state index is 12.9. The molecule has 0 radical (unpaired) electrons. The first kappa shape index (κ1) is 20.5. The first-order valence-electron chi connectivity index (χ1n) is 9.00. The van der Waals surface area contributed by atoms with E-state index < -0.39 is 0 Å². The van der Waals surface area contributed by atoms with Gasteiger partial charge in [-0.05, 0) is 43.3 Å². The molecular weight excluding hydrogens is 393 g/mol. The molecule has 0 saturated heterocycles. The summed E-state index contributed by atoms with van der Waals surface area (Å²) in [5.41, 5.74) is 1.10. The van der Waals surface area contributed by atoms with E-state index in [4.69, 9.17) is 0 Å². The quantitative estimate of drug-likeness (QED) is 0.554. The van der Waals surface area contributed by atoms with Gasteiger partial charge in [0.1, 0.15) is 5.82 Å². The van der Waals surface area contributed by atoms with Crippen LogP contribution in [0.1, 0.15) is 23.1 Å². The molecule has 0 spiro atoms. The van der Waals surface area contributed by atoms with Gasteiger partial charge >= 0.3 is 0 Å². The number of thioether (sulfide) groups is 1. The van der Waals surface area contributed by atoms with Gasteiger partial charge in [0.15, 0.2) is 11.0 Å². The summed E-state index contributed by atoms with van der Waals surface area (Å²) in [6, 6.07) is 14.5. The van der Waals surface area contributed by atoms with E-state index in [0.29, 0.717) is 28.8 Å². The summed E-state index contributed by atoms with van der Waals surface area (Å²) in [6.45, 7) is 2.77. The third-order valence-electron chi connectivity index (χ3n) is 4.01. The first-order valence-corrected chi connectivity index (χ1v) is 9.99. The Morgan fingerprint density at radius 3 is 2.48 bits per heavy atom. The number of hydrogen-bond donors (Lipinski definition) is 2. The molecule has 0 saturated carbocycles. The minimum absolute atomic E-state index is 0.131. The van der Waals surface area contributed by atoms with Crippen LogP contribution >= 0.6 is 11.8 Å². The summed E-state index contributed by atoms with van der Waals surface area (Å²) < 4.78 is 14.8. The Bertz CT molecular complexity index is 976. The fraction of sp³-hybridized carbons (Fsp3) is 0.200. The van der Waals surface area contributed by atoms with Crippen LogP contribution in [0.25, 0.3) is 0 Å². The van der Waals surface area contributed by atoms with Crippen molar-refractivity contribution in [2.45, 2.75) is 25.2 Å². The van der Waals surface area contributed by atoms with Crippen LogP contribution in [-0.4, -0.2) is 32.3 Å². The Labute approximate surface area is 171 Å². The molecule has 0 atom stereocenters. The fourth-order valence-corrected chi connectivity index (χ4v) is 3.41. The fourth-order valence-electron chi connectivity index (χ4n) is 2.59. The standard InChI is InChI=1S/C20H20FN5O2S/c1-2-26-17(12-22-19(28)14-6-4-3-5-7-14)24-25-20(26)29-13-18(27)23-16-10-8-15(21)9-11-16/h3-11H,2,12-13H2,1H3,(H,22,28)(H,23,27). The molecule has 1 heterocycles. The zero-order valence-corrected chi connectivity index (χ0v) is 16.6. The van der Waals surface area contributed by atoms with E-state index in [1.807, 2.05) is 17.6 Å². The average molecular weight is 413 g/mol. The molecule has 9 heteroatoms. The molecule has 2 aromatic carbocycles. The molecule has 2 N–H and O–H groups in total. The Kier molecular flexibility index (Phi) is 6.96. The third kappa shape index (κ3) is 5.64. The maximum Gasteiger partial charge on any atom is 0.251 e. The number of rotatable bonds is 8. The molecule has 3 rings (SSSR count). The number of aromatic nitrogens is 3. The van der Waals surface area contributed by atoms with Gasteiger partial charge in [-0.15, -0.1) is 10.2 Å². The summed E-state index contributed by atoms with van der Waals surface area (Å²) in [5, 5.41) is 14.4. The number of amides is 2. The van der Waals surface area contributed by atoms with Gasteiger partial charge in [-0.1, -0.05) is 30.0 Å². The van der Waals surface area contributed by atoms with Crippen LogP contribution in [-0.2, 0) is 17.9 Å². The molecule has 0 aliphatic carbocycles. The summed E-state index contributed by atoms with van der Waals surface area (Å²) >= 11 is 1.24. The number of anilines is 1. The highest BCUT2D eigenvalue weighted by Gasteiger charge is 2.14. The Morgan fingerprint density at radius 1 is 1.07 bits per heavy atom. The van der Waals surface area contributed by atoms with Crippen molar-refractivity contribution in [2.75, 3.05) is 11.1 Å². The summed E-state index contributed by atoms with van der Waals surface area (Å²) in [5.74, 6) is -0.0415. The summed E-state index contributed by atoms with van der Waals surface area (Å²) in [4.78, 5) is 24.3. The van der Waals surface area contributed by atoms with Crippen molar-refractivity contribution >= 4 is 29.3 Å². The van der Waals surface area contributed by atoms with Crippen LogP contribution < -0.4 is 10.6 Å². The number of benzene rings is 2. The number of hydrogen-bond acceptors (Lipinski definition) is 5. The van der Waals surface area contributed by atoms with Crippen molar-refractivity contribution in [3.05, 3.63) is 71.8 Å². The largest absolute Gasteiger partial charge is 0.345 e. The Hall–Kier alpha value is -3.20. The molecule has 2 amide bonds. The second kappa shape index (κ2) is 9.83. The Morgan fingerprint density at radius 2 is 1.79 bits per heavy atom. The van der Waals surface area contributed by atoms with Gasteiger partial charge in [-0.2, -0.15) is 0 Å². The highest BCUT2D eigenvalue weighted by molar-refractivity contribution is 7.99. The number of halogens is 1. The van der Waals surface area contributed by atoms with E-state index in [2.05, 4.69) is 20.8 Å². The zero-order valence-electron chi connectivity index (χ0n) is 15.8. The van der Waals surface area contributed by atoms with Crippen molar-refractivity contribution < 1.29 is 14.0 Å².